The standard InChI is InChI=1S/C18H12ClFN2O6/c19-13-5-10(6-14-17(13)27-9-26-14)18(23)25-8-16-21-15(22-28-16)7-24-12-3-1-11(20)2-4-12/h1-6H,7-9H2. The Labute approximate surface area is 162 Å². The van der Waals surface area contributed by atoms with E-state index in [1.165, 1.54) is 36.4 Å². The molecule has 0 bridgehead atoms. The summed E-state index contributed by atoms with van der Waals surface area (Å²) in [5, 5.41) is 3.98. The number of benzene rings is 2. The van der Waals surface area contributed by atoms with Gasteiger partial charge in [0.05, 0.1) is 10.6 Å². The van der Waals surface area contributed by atoms with Gasteiger partial charge in [0, 0.05) is 0 Å². The molecule has 0 saturated carbocycles. The number of rotatable bonds is 6. The van der Waals surface area contributed by atoms with Gasteiger partial charge in [0.15, 0.2) is 24.7 Å². The van der Waals surface area contributed by atoms with E-state index in [0.717, 1.165) is 0 Å². The fourth-order valence-corrected chi connectivity index (χ4v) is 2.65. The third kappa shape index (κ3) is 3.99. The number of carbonyl (C=O) groups excluding carboxylic acids is 1. The van der Waals surface area contributed by atoms with Gasteiger partial charge >= 0.3 is 5.97 Å². The molecule has 10 heteroatoms. The van der Waals surface area contributed by atoms with Crippen molar-refractivity contribution >= 4 is 17.6 Å². The van der Waals surface area contributed by atoms with Crippen LogP contribution in [0.5, 0.6) is 17.2 Å². The molecule has 0 aliphatic carbocycles. The molecule has 0 atom stereocenters. The van der Waals surface area contributed by atoms with E-state index < -0.39 is 5.97 Å². The van der Waals surface area contributed by atoms with Gasteiger partial charge in [0.1, 0.15) is 11.6 Å². The summed E-state index contributed by atoms with van der Waals surface area (Å²) >= 11 is 6.04. The van der Waals surface area contributed by atoms with Crippen molar-refractivity contribution in [3.05, 3.63) is 64.5 Å². The molecule has 0 amide bonds. The minimum absolute atomic E-state index is 0.0147. The van der Waals surface area contributed by atoms with Gasteiger partial charge in [0.25, 0.3) is 5.89 Å². The fraction of sp³-hybridized carbons (Fsp3) is 0.167. The Morgan fingerprint density at radius 3 is 2.82 bits per heavy atom. The summed E-state index contributed by atoms with van der Waals surface area (Å²) in [4.78, 5) is 16.3. The quantitative estimate of drug-likeness (QED) is 0.574. The van der Waals surface area contributed by atoms with Crippen LogP contribution in [0, 0.1) is 5.82 Å². The molecule has 1 aliphatic heterocycles. The van der Waals surface area contributed by atoms with E-state index >= 15 is 0 Å². The van der Waals surface area contributed by atoms with Crippen LogP contribution in [-0.2, 0) is 18.0 Å². The molecule has 2 heterocycles. The van der Waals surface area contributed by atoms with Crippen molar-refractivity contribution in [3.8, 4) is 17.2 Å². The molecule has 1 aliphatic rings. The van der Waals surface area contributed by atoms with Gasteiger partial charge in [-0.15, -0.1) is 0 Å². The zero-order chi connectivity index (χ0) is 19.5. The van der Waals surface area contributed by atoms with Crippen molar-refractivity contribution in [2.24, 2.45) is 0 Å². The average molecular weight is 407 g/mol. The largest absolute Gasteiger partial charge is 0.485 e. The highest BCUT2D eigenvalue weighted by molar-refractivity contribution is 6.32. The number of esters is 1. The molecule has 0 N–H and O–H groups in total. The minimum atomic E-state index is -0.637. The van der Waals surface area contributed by atoms with E-state index in [1.807, 2.05) is 0 Å². The predicted molar refractivity (Wildman–Crippen MR) is 91.7 cm³/mol. The Morgan fingerprint density at radius 1 is 1.18 bits per heavy atom. The highest BCUT2D eigenvalue weighted by Gasteiger charge is 2.21. The van der Waals surface area contributed by atoms with Gasteiger partial charge in [-0.25, -0.2) is 9.18 Å². The van der Waals surface area contributed by atoms with Crippen molar-refractivity contribution in [1.29, 1.82) is 0 Å². The summed E-state index contributed by atoms with van der Waals surface area (Å²) in [6.45, 7) is -0.173. The maximum absolute atomic E-state index is 12.9. The Bertz CT molecular complexity index is 1010. The fourth-order valence-electron chi connectivity index (χ4n) is 2.38. The van der Waals surface area contributed by atoms with Crippen LogP contribution >= 0.6 is 11.6 Å². The molecule has 3 aromatic rings. The van der Waals surface area contributed by atoms with E-state index in [-0.39, 0.29) is 48.1 Å². The van der Waals surface area contributed by atoms with Crippen molar-refractivity contribution in [2.75, 3.05) is 6.79 Å². The number of aromatic nitrogens is 2. The van der Waals surface area contributed by atoms with Crippen LogP contribution in [0.3, 0.4) is 0 Å². The summed E-state index contributed by atoms with van der Waals surface area (Å²) in [5.74, 6) is 0.568. The van der Waals surface area contributed by atoms with Crippen LogP contribution < -0.4 is 14.2 Å². The number of nitrogens with zero attached hydrogens (tertiary/aromatic N) is 2. The average Bonchev–Trinajstić information content (AvgIpc) is 3.35. The van der Waals surface area contributed by atoms with Crippen LogP contribution in [0.2, 0.25) is 5.02 Å². The third-order valence-electron chi connectivity index (χ3n) is 3.68. The zero-order valence-corrected chi connectivity index (χ0v) is 14.9. The van der Waals surface area contributed by atoms with Crippen molar-refractivity contribution < 1.29 is 32.7 Å². The first-order chi connectivity index (χ1) is 13.6. The summed E-state index contributed by atoms with van der Waals surface area (Å²) < 4.78 is 38.8. The molecular formula is C18H12ClFN2O6. The third-order valence-corrected chi connectivity index (χ3v) is 3.96. The van der Waals surface area contributed by atoms with Gasteiger partial charge in [-0.3, -0.25) is 0 Å². The van der Waals surface area contributed by atoms with Gasteiger partial charge in [0.2, 0.25) is 12.6 Å². The Hall–Kier alpha value is -3.33. The molecule has 0 unspecified atom stereocenters. The number of fused-ring (bicyclic) bond motifs is 1. The van der Waals surface area contributed by atoms with E-state index in [2.05, 4.69) is 10.1 Å². The van der Waals surface area contributed by atoms with E-state index in [0.29, 0.717) is 17.2 Å². The molecular weight excluding hydrogens is 395 g/mol. The summed E-state index contributed by atoms with van der Waals surface area (Å²) in [6.07, 6.45) is 0. The van der Waals surface area contributed by atoms with Crippen molar-refractivity contribution in [1.82, 2.24) is 10.1 Å². The monoisotopic (exact) mass is 406 g/mol. The Balaban J connectivity index is 1.32. The number of hydrogen-bond donors (Lipinski definition) is 0. The van der Waals surface area contributed by atoms with Crippen LogP contribution in [0.15, 0.2) is 40.9 Å². The van der Waals surface area contributed by atoms with Gasteiger partial charge in [-0.2, -0.15) is 4.98 Å². The minimum Gasteiger partial charge on any atom is -0.485 e. The van der Waals surface area contributed by atoms with Crippen LogP contribution in [0.1, 0.15) is 22.1 Å². The first kappa shape index (κ1) is 18.1. The van der Waals surface area contributed by atoms with Gasteiger partial charge in [-0.05, 0) is 36.4 Å². The Morgan fingerprint density at radius 2 is 2.00 bits per heavy atom. The van der Waals surface area contributed by atoms with Crippen LogP contribution in [0.25, 0.3) is 0 Å². The molecule has 28 heavy (non-hydrogen) atoms. The molecule has 4 rings (SSSR count). The lowest BCUT2D eigenvalue weighted by molar-refractivity contribution is 0.0429. The second-order valence-electron chi connectivity index (χ2n) is 5.61. The second kappa shape index (κ2) is 7.73. The van der Waals surface area contributed by atoms with Crippen LogP contribution in [0.4, 0.5) is 4.39 Å². The predicted octanol–water partition coefficient (Wildman–Crippen LogP) is 3.53. The molecule has 1 aromatic heterocycles. The molecule has 0 radical (unpaired) electrons. The maximum atomic E-state index is 12.9. The molecule has 8 nitrogen and oxygen atoms in total. The summed E-state index contributed by atoms with van der Waals surface area (Å²) in [7, 11) is 0. The van der Waals surface area contributed by atoms with Crippen LogP contribution in [-0.4, -0.2) is 22.9 Å². The van der Waals surface area contributed by atoms with E-state index in [1.54, 1.807) is 0 Å². The smallest absolute Gasteiger partial charge is 0.338 e. The molecule has 0 spiro atoms. The lowest BCUT2D eigenvalue weighted by Gasteiger charge is -2.04. The second-order valence-corrected chi connectivity index (χ2v) is 6.02. The summed E-state index contributed by atoms with van der Waals surface area (Å²) in [5.41, 5.74) is 0.202. The number of ether oxygens (including phenoxy) is 4. The Kier molecular flexibility index (Phi) is 4.98. The first-order valence-electron chi connectivity index (χ1n) is 8.04. The van der Waals surface area contributed by atoms with E-state index in [9.17, 15) is 9.18 Å². The highest BCUT2D eigenvalue weighted by Crippen LogP contribution is 2.39. The molecule has 144 valence electrons. The SMILES string of the molecule is O=C(OCc1nc(COc2ccc(F)cc2)no1)c1cc(Cl)c2c(c1)OCO2. The van der Waals surface area contributed by atoms with Gasteiger partial charge < -0.3 is 23.5 Å². The lowest BCUT2D eigenvalue weighted by Crippen LogP contribution is -2.06. The normalized spacial score (nSPS) is 12.1. The van der Waals surface area contributed by atoms with Crippen molar-refractivity contribution in [3.63, 3.8) is 0 Å². The van der Waals surface area contributed by atoms with Gasteiger partial charge in [-0.1, -0.05) is 16.8 Å². The molecule has 2 aromatic carbocycles. The number of carbonyl (C=O) groups is 1. The topological polar surface area (TPSA) is 92.9 Å². The molecule has 0 saturated heterocycles. The first-order valence-corrected chi connectivity index (χ1v) is 8.42. The zero-order valence-electron chi connectivity index (χ0n) is 14.2. The molecule has 0 fully saturated rings. The summed E-state index contributed by atoms with van der Waals surface area (Å²) in [6, 6.07) is 8.42. The van der Waals surface area contributed by atoms with E-state index in [4.69, 9.17) is 35.1 Å². The lowest BCUT2D eigenvalue weighted by atomic mass is 10.2. The van der Waals surface area contributed by atoms with Crippen molar-refractivity contribution in [2.45, 2.75) is 13.2 Å². The maximum Gasteiger partial charge on any atom is 0.338 e. The number of halogens is 2. The highest BCUT2D eigenvalue weighted by atomic mass is 35.5. The number of hydrogen-bond acceptors (Lipinski definition) is 8.